The Morgan fingerprint density at radius 2 is 1.88 bits per heavy atom. The Kier molecular flexibility index (Phi) is 7.15. The standard InChI is InChI=1S/C24H27FN2O5/c1-4-26(5-2)11-12-27-21(15-7-6-8-17(28)13-15)20(23(30)24(27)31)22(29)16-9-10-19(32-3)18(25)14-16/h6-10,13-14,21,28-29H,4-5,11-12H2,1-3H3/t21-/m1/s1. The Bertz CT molecular complexity index is 1050. The number of nitrogens with zero attached hydrogens (tertiary/aromatic N) is 2. The van der Waals surface area contributed by atoms with Gasteiger partial charge in [-0.15, -0.1) is 0 Å². The lowest BCUT2D eigenvalue weighted by Crippen LogP contribution is -2.38. The lowest BCUT2D eigenvalue weighted by atomic mass is 9.95. The maximum absolute atomic E-state index is 14.2. The summed E-state index contributed by atoms with van der Waals surface area (Å²) in [7, 11) is 1.32. The fourth-order valence-corrected chi connectivity index (χ4v) is 3.91. The van der Waals surface area contributed by atoms with Gasteiger partial charge < -0.3 is 24.7 Å². The molecule has 1 amide bonds. The maximum Gasteiger partial charge on any atom is 0.295 e. The number of phenols is 1. The average Bonchev–Trinajstić information content (AvgIpc) is 3.04. The number of halogens is 1. The molecule has 8 heteroatoms. The van der Waals surface area contributed by atoms with Crippen molar-refractivity contribution in [2.45, 2.75) is 19.9 Å². The number of benzene rings is 2. The van der Waals surface area contributed by atoms with Gasteiger partial charge in [0.25, 0.3) is 11.7 Å². The summed E-state index contributed by atoms with van der Waals surface area (Å²) in [4.78, 5) is 29.4. The molecule has 1 atom stereocenters. The maximum atomic E-state index is 14.2. The summed E-state index contributed by atoms with van der Waals surface area (Å²) in [5.74, 6) is -2.84. The Labute approximate surface area is 186 Å². The number of likely N-dealkylation sites (tertiary alicyclic amines) is 1. The predicted octanol–water partition coefficient (Wildman–Crippen LogP) is 3.30. The van der Waals surface area contributed by atoms with Crippen molar-refractivity contribution in [1.82, 2.24) is 9.80 Å². The van der Waals surface area contributed by atoms with Crippen molar-refractivity contribution in [3.63, 3.8) is 0 Å². The van der Waals surface area contributed by atoms with Crippen LogP contribution in [-0.4, -0.2) is 65.0 Å². The molecule has 2 aromatic rings. The van der Waals surface area contributed by atoms with Crippen LogP contribution < -0.4 is 4.74 Å². The van der Waals surface area contributed by atoms with E-state index in [0.717, 1.165) is 19.2 Å². The zero-order valence-corrected chi connectivity index (χ0v) is 18.3. The lowest BCUT2D eigenvalue weighted by molar-refractivity contribution is -0.140. The van der Waals surface area contributed by atoms with Crippen LogP contribution in [0.5, 0.6) is 11.5 Å². The van der Waals surface area contributed by atoms with Gasteiger partial charge in [0.2, 0.25) is 0 Å². The van der Waals surface area contributed by atoms with Gasteiger partial charge in [0.15, 0.2) is 11.6 Å². The minimum absolute atomic E-state index is 0.00856. The van der Waals surface area contributed by atoms with Crippen LogP contribution in [0.4, 0.5) is 4.39 Å². The van der Waals surface area contributed by atoms with E-state index in [2.05, 4.69) is 4.90 Å². The molecule has 1 saturated heterocycles. The fourth-order valence-electron chi connectivity index (χ4n) is 3.91. The largest absolute Gasteiger partial charge is 0.508 e. The quantitative estimate of drug-likeness (QED) is 0.370. The first kappa shape index (κ1) is 23.3. The fraction of sp³-hybridized carbons (Fsp3) is 0.333. The smallest absolute Gasteiger partial charge is 0.295 e. The first-order chi connectivity index (χ1) is 15.3. The molecule has 7 nitrogen and oxygen atoms in total. The molecule has 1 aliphatic heterocycles. The van der Waals surface area contributed by atoms with Crippen molar-refractivity contribution in [3.8, 4) is 11.5 Å². The number of Topliss-reactive ketones (excluding diaryl/α,β-unsaturated/α-hetero) is 1. The molecule has 0 spiro atoms. The van der Waals surface area contributed by atoms with Gasteiger partial charge in [-0.05, 0) is 49.0 Å². The normalized spacial score (nSPS) is 17.9. The molecule has 0 radical (unpaired) electrons. The third-order valence-corrected chi connectivity index (χ3v) is 5.70. The number of carbonyl (C=O) groups is 2. The molecule has 0 unspecified atom stereocenters. The van der Waals surface area contributed by atoms with Gasteiger partial charge in [-0.25, -0.2) is 4.39 Å². The van der Waals surface area contributed by atoms with Crippen LogP contribution in [-0.2, 0) is 9.59 Å². The molecular weight excluding hydrogens is 415 g/mol. The number of carbonyl (C=O) groups excluding carboxylic acids is 2. The van der Waals surface area contributed by atoms with Crippen LogP contribution in [0.3, 0.4) is 0 Å². The number of likely N-dealkylation sites (N-methyl/N-ethyl adjacent to an activating group) is 1. The minimum Gasteiger partial charge on any atom is -0.508 e. The number of methoxy groups -OCH3 is 1. The van der Waals surface area contributed by atoms with Gasteiger partial charge in [-0.3, -0.25) is 9.59 Å². The van der Waals surface area contributed by atoms with Gasteiger partial charge >= 0.3 is 0 Å². The first-order valence-electron chi connectivity index (χ1n) is 10.5. The highest BCUT2D eigenvalue weighted by Crippen LogP contribution is 2.40. The van der Waals surface area contributed by atoms with Crippen LogP contribution in [0.15, 0.2) is 48.0 Å². The van der Waals surface area contributed by atoms with Crippen molar-refractivity contribution < 1.29 is 28.9 Å². The van der Waals surface area contributed by atoms with E-state index in [9.17, 15) is 24.2 Å². The van der Waals surface area contributed by atoms with Gasteiger partial charge in [0.1, 0.15) is 11.5 Å². The molecule has 1 aliphatic rings. The van der Waals surface area contributed by atoms with Crippen molar-refractivity contribution >= 4 is 17.4 Å². The third-order valence-electron chi connectivity index (χ3n) is 5.70. The molecule has 0 aliphatic carbocycles. The van der Waals surface area contributed by atoms with E-state index in [1.54, 1.807) is 12.1 Å². The summed E-state index contributed by atoms with van der Waals surface area (Å²) >= 11 is 0. The van der Waals surface area contributed by atoms with Crippen LogP contribution >= 0.6 is 0 Å². The third kappa shape index (κ3) is 4.45. The molecule has 1 fully saturated rings. The molecule has 2 aromatic carbocycles. The second kappa shape index (κ2) is 9.82. The van der Waals surface area contributed by atoms with Crippen LogP contribution in [0.2, 0.25) is 0 Å². The molecule has 3 rings (SSSR count). The van der Waals surface area contributed by atoms with Crippen molar-refractivity contribution in [3.05, 3.63) is 65.0 Å². The number of amides is 1. The average molecular weight is 442 g/mol. The van der Waals surface area contributed by atoms with E-state index in [0.29, 0.717) is 12.1 Å². The summed E-state index contributed by atoms with van der Waals surface area (Å²) in [6.07, 6.45) is 0. The topological polar surface area (TPSA) is 90.3 Å². The number of rotatable bonds is 8. The number of hydrogen-bond acceptors (Lipinski definition) is 6. The van der Waals surface area contributed by atoms with E-state index in [4.69, 9.17) is 4.74 Å². The number of hydrogen-bond donors (Lipinski definition) is 2. The Morgan fingerprint density at radius 1 is 1.16 bits per heavy atom. The minimum atomic E-state index is -0.914. The molecule has 170 valence electrons. The number of ketones is 1. The number of ether oxygens (including phenoxy) is 1. The highest BCUT2D eigenvalue weighted by Gasteiger charge is 2.46. The molecule has 0 bridgehead atoms. The molecule has 1 heterocycles. The number of aliphatic hydroxyl groups is 1. The van der Waals surface area contributed by atoms with Crippen LogP contribution in [0, 0.1) is 5.82 Å². The highest BCUT2D eigenvalue weighted by molar-refractivity contribution is 6.46. The van der Waals surface area contributed by atoms with E-state index in [1.165, 1.54) is 36.3 Å². The molecular formula is C24H27FN2O5. The first-order valence-corrected chi connectivity index (χ1v) is 10.5. The van der Waals surface area contributed by atoms with Gasteiger partial charge in [-0.1, -0.05) is 26.0 Å². The zero-order chi connectivity index (χ0) is 23.4. The monoisotopic (exact) mass is 442 g/mol. The van der Waals surface area contributed by atoms with E-state index in [1.807, 2.05) is 13.8 Å². The zero-order valence-electron chi connectivity index (χ0n) is 18.3. The SMILES string of the molecule is CCN(CC)CCN1C(=O)C(=O)C(=C(O)c2ccc(OC)c(F)c2)[C@H]1c1cccc(O)c1. The summed E-state index contributed by atoms with van der Waals surface area (Å²) in [6, 6.07) is 9.09. The summed E-state index contributed by atoms with van der Waals surface area (Å²) in [6.45, 7) is 6.35. The van der Waals surface area contributed by atoms with E-state index >= 15 is 0 Å². The number of aromatic hydroxyl groups is 1. The summed E-state index contributed by atoms with van der Waals surface area (Å²) in [5, 5.41) is 21.0. The number of phenolic OH excluding ortho intramolecular Hbond substituents is 1. The van der Waals surface area contributed by atoms with Gasteiger partial charge in [0, 0.05) is 18.7 Å². The Balaban J connectivity index is 2.12. The van der Waals surface area contributed by atoms with Crippen molar-refractivity contribution in [1.29, 1.82) is 0 Å². The second-order valence-electron chi connectivity index (χ2n) is 7.46. The number of aliphatic hydroxyl groups excluding tert-OH is 1. The lowest BCUT2D eigenvalue weighted by Gasteiger charge is -2.28. The van der Waals surface area contributed by atoms with Crippen LogP contribution in [0.1, 0.15) is 31.0 Å². The van der Waals surface area contributed by atoms with E-state index < -0.39 is 29.3 Å². The van der Waals surface area contributed by atoms with Crippen LogP contribution in [0.25, 0.3) is 5.76 Å². The summed E-state index contributed by atoms with van der Waals surface area (Å²) < 4.78 is 19.2. The molecule has 0 aromatic heterocycles. The second-order valence-corrected chi connectivity index (χ2v) is 7.46. The van der Waals surface area contributed by atoms with Crippen molar-refractivity contribution in [2.75, 3.05) is 33.3 Å². The highest BCUT2D eigenvalue weighted by atomic mass is 19.1. The summed E-state index contributed by atoms with van der Waals surface area (Å²) in [5.41, 5.74) is 0.374. The Hall–Kier alpha value is -3.39. The predicted molar refractivity (Wildman–Crippen MR) is 118 cm³/mol. The molecule has 32 heavy (non-hydrogen) atoms. The van der Waals surface area contributed by atoms with Crippen molar-refractivity contribution in [2.24, 2.45) is 0 Å². The Morgan fingerprint density at radius 3 is 2.47 bits per heavy atom. The van der Waals surface area contributed by atoms with E-state index in [-0.39, 0.29) is 29.2 Å². The van der Waals surface area contributed by atoms with Gasteiger partial charge in [-0.2, -0.15) is 0 Å². The van der Waals surface area contributed by atoms with Gasteiger partial charge in [0.05, 0.1) is 18.7 Å². The molecule has 0 saturated carbocycles. The molecule has 2 N–H and O–H groups in total.